The maximum Gasteiger partial charge on any atom is 0.227 e. The van der Waals surface area contributed by atoms with Crippen LogP contribution in [-0.4, -0.2) is 39.6 Å². The first-order valence-electron chi connectivity index (χ1n) is 8.58. The van der Waals surface area contributed by atoms with Crippen LogP contribution in [0, 0.1) is 12.3 Å². The van der Waals surface area contributed by atoms with Crippen LogP contribution in [0.1, 0.15) is 24.2 Å². The van der Waals surface area contributed by atoms with E-state index in [1.807, 2.05) is 6.92 Å². The number of aryl methyl sites for hydroxylation is 1. The molecule has 1 aliphatic rings. The van der Waals surface area contributed by atoms with Crippen molar-refractivity contribution < 1.29 is 17.7 Å². The number of aromatic nitrogens is 1. The molecule has 1 aromatic carbocycles. The topological polar surface area (TPSA) is 101 Å². The van der Waals surface area contributed by atoms with Gasteiger partial charge in [0, 0.05) is 26.1 Å². The monoisotopic (exact) mass is 413 g/mol. The van der Waals surface area contributed by atoms with Gasteiger partial charge in [0.2, 0.25) is 20.8 Å². The van der Waals surface area contributed by atoms with Crippen LogP contribution in [0.4, 0.5) is 0 Å². The largest absolute Gasteiger partial charge is 0.360 e. The summed E-state index contributed by atoms with van der Waals surface area (Å²) in [5, 5.41) is 9.56. The molecular formula is C18H24ClN3O4S. The SMILES string of the molecule is CNC(=O)C1(Cc2cc(S(=O)(=O)c3ccc(C)cc3)no2)CCCNC1.Cl. The Balaban J connectivity index is 0.00000261. The first kappa shape index (κ1) is 21.4. The molecule has 1 fully saturated rings. The predicted molar refractivity (Wildman–Crippen MR) is 103 cm³/mol. The normalized spacial score (nSPS) is 19.9. The van der Waals surface area contributed by atoms with E-state index in [1.54, 1.807) is 31.3 Å². The molecular weight excluding hydrogens is 390 g/mol. The van der Waals surface area contributed by atoms with Gasteiger partial charge < -0.3 is 15.2 Å². The number of benzene rings is 1. The van der Waals surface area contributed by atoms with Crippen LogP contribution in [0.3, 0.4) is 0 Å². The Morgan fingerprint density at radius 1 is 1.33 bits per heavy atom. The summed E-state index contributed by atoms with van der Waals surface area (Å²) in [4.78, 5) is 12.6. The van der Waals surface area contributed by atoms with Gasteiger partial charge in [0.25, 0.3) is 0 Å². The van der Waals surface area contributed by atoms with E-state index in [4.69, 9.17) is 4.52 Å². The van der Waals surface area contributed by atoms with Crippen LogP contribution in [0.25, 0.3) is 0 Å². The molecule has 1 unspecified atom stereocenters. The van der Waals surface area contributed by atoms with Gasteiger partial charge in [-0.15, -0.1) is 12.4 Å². The van der Waals surface area contributed by atoms with Gasteiger partial charge in [-0.3, -0.25) is 4.79 Å². The van der Waals surface area contributed by atoms with Crippen LogP contribution in [0.5, 0.6) is 0 Å². The highest BCUT2D eigenvalue weighted by Gasteiger charge is 2.40. The Kier molecular flexibility index (Phi) is 6.67. The van der Waals surface area contributed by atoms with Crippen molar-refractivity contribution in [1.82, 2.24) is 15.8 Å². The van der Waals surface area contributed by atoms with Gasteiger partial charge in [0.05, 0.1) is 10.3 Å². The van der Waals surface area contributed by atoms with Crippen molar-refractivity contribution in [2.24, 2.45) is 5.41 Å². The molecule has 148 valence electrons. The molecule has 1 atom stereocenters. The maximum absolute atomic E-state index is 12.7. The fraction of sp³-hybridized carbons (Fsp3) is 0.444. The van der Waals surface area contributed by atoms with Gasteiger partial charge in [0.15, 0.2) is 0 Å². The van der Waals surface area contributed by atoms with E-state index in [0.717, 1.165) is 18.5 Å². The summed E-state index contributed by atoms with van der Waals surface area (Å²) in [6.07, 6.45) is 1.88. The number of hydrogen-bond donors (Lipinski definition) is 2. The van der Waals surface area contributed by atoms with Crippen molar-refractivity contribution in [1.29, 1.82) is 0 Å². The fourth-order valence-corrected chi connectivity index (χ4v) is 4.49. The molecule has 0 saturated carbocycles. The fourth-order valence-electron chi connectivity index (χ4n) is 3.33. The Hall–Kier alpha value is -1.90. The first-order valence-corrected chi connectivity index (χ1v) is 10.1. The highest BCUT2D eigenvalue weighted by molar-refractivity contribution is 7.91. The zero-order valence-electron chi connectivity index (χ0n) is 15.3. The standard InChI is InChI=1S/C18H23N3O4S.ClH/c1-13-4-6-15(7-5-13)26(23,24)16-10-14(25-21-16)11-18(17(22)19-2)8-3-9-20-12-18;/h4-7,10,20H,3,8-9,11-12H2,1-2H3,(H,19,22);1H. The van der Waals surface area contributed by atoms with Crippen LogP contribution < -0.4 is 10.6 Å². The molecule has 3 rings (SSSR count). The number of carbonyl (C=O) groups excluding carboxylic acids is 1. The Bertz CT molecular complexity index is 888. The molecule has 0 bridgehead atoms. The van der Waals surface area contributed by atoms with Crippen LogP contribution >= 0.6 is 12.4 Å². The van der Waals surface area contributed by atoms with Gasteiger partial charge in [-0.05, 0) is 38.4 Å². The Morgan fingerprint density at radius 3 is 2.63 bits per heavy atom. The molecule has 27 heavy (non-hydrogen) atoms. The molecule has 0 aliphatic carbocycles. The second kappa shape index (κ2) is 8.41. The lowest BCUT2D eigenvalue weighted by atomic mass is 9.76. The maximum atomic E-state index is 12.7. The second-order valence-corrected chi connectivity index (χ2v) is 8.66. The van der Waals surface area contributed by atoms with Gasteiger partial charge in [-0.1, -0.05) is 22.9 Å². The smallest absolute Gasteiger partial charge is 0.227 e. The number of nitrogens with zero attached hydrogens (tertiary/aromatic N) is 1. The molecule has 9 heteroatoms. The number of carbonyl (C=O) groups is 1. The number of rotatable bonds is 5. The third kappa shape index (κ3) is 4.34. The van der Waals surface area contributed by atoms with E-state index >= 15 is 0 Å². The van der Waals surface area contributed by atoms with Crippen LogP contribution in [0.2, 0.25) is 0 Å². The predicted octanol–water partition coefficient (Wildman–Crippen LogP) is 1.90. The highest BCUT2D eigenvalue weighted by atomic mass is 35.5. The van der Waals surface area contributed by atoms with Gasteiger partial charge in [0.1, 0.15) is 5.76 Å². The molecule has 2 N–H and O–H groups in total. The van der Waals surface area contributed by atoms with Crippen molar-refractivity contribution in [2.75, 3.05) is 20.1 Å². The molecule has 1 amide bonds. The lowest BCUT2D eigenvalue weighted by Gasteiger charge is -2.35. The average molecular weight is 414 g/mol. The summed E-state index contributed by atoms with van der Waals surface area (Å²) in [6, 6.07) is 8.00. The van der Waals surface area contributed by atoms with Crippen molar-refractivity contribution >= 4 is 28.2 Å². The molecule has 1 aromatic heterocycles. The van der Waals surface area contributed by atoms with Crippen molar-refractivity contribution in [3.63, 3.8) is 0 Å². The van der Waals surface area contributed by atoms with E-state index < -0.39 is 15.3 Å². The second-order valence-electron chi connectivity index (χ2n) is 6.76. The van der Waals surface area contributed by atoms with Crippen LogP contribution in [0.15, 0.2) is 44.8 Å². The summed E-state index contributed by atoms with van der Waals surface area (Å²) >= 11 is 0. The molecule has 2 aromatic rings. The Labute approximate surface area is 165 Å². The number of halogens is 1. The summed E-state index contributed by atoms with van der Waals surface area (Å²) in [5.74, 6) is 0.312. The Morgan fingerprint density at radius 2 is 2.04 bits per heavy atom. The van der Waals surface area contributed by atoms with Crippen molar-refractivity contribution in [3.8, 4) is 0 Å². The van der Waals surface area contributed by atoms with Gasteiger partial charge >= 0.3 is 0 Å². The molecule has 0 spiro atoms. The molecule has 1 saturated heterocycles. The van der Waals surface area contributed by atoms with Gasteiger partial charge in [-0.2, -0.15) is 0 Å². The summed E-state index contributed by atoms with van der Waals surface area (Å²) < 4.78 is 30.7. The van der Waals surface area contributed by atoms with E-state index in [-0.39, 0.29) is 28.2 Å². The zero-order valence-corrected chi connectivity index (χ0v) is 17.0. The average Bonchev–Trinajstić information content (AvgIpc) is 3.11. The van der Waals surface area contributed by atoms with Crippen molar-refractivity contribution in [3.05, 3.63) is 41.7 Å². The van der Waals surface area contributed by atoms with E-state index in [2.05, 4.69) is 15.8 Å². The number of amides is 1. The summed E-state index contributed by atoms with van der Waals surface area (Å²) in [7, 11) is -2.14. The third-order valence-corrected chi connectivity index (χ3v) is 6.47. The van der Waals surface area contributed by atoms with Crippen molar-refractivity contribution in [2.45, 2.75) is 36.1 Å². The van der Waals surface area contributed by atoms with Gasteiger partial charge in [-0.25, -0.2) is 8.42 Å². The third-order valence-electron chi connectivity index (χ3n) is 4.84. The highest BCUT2D eigenvalue weighted by Crippen LogP contribution is 2.32. The molecule has 2 heterocycles. The minimum absolute atomic E-state index is 0. The van der Waals surface area contributed by atoms with E-state index in [0.29, 0.717) is 25.1 Å². The number of nitrogens with one attached hydrogen (secondary N) is 2. The molecule has 0 radical (unpaired) electrons. The van der Waals surface area contributed by atoms with E-state index in [9.17, 15) is 13.2 Å². The van der Waals surface area contributed by atoms with E-state index in [1.165, 1.54) is 6.07 Å². The minimum atomic E-state index is -3.74. The zero-order chi connectivity index (χ0) is 18.8. The number of hydrogen-bond acceptors (Lipinski definition) is 6. The number of piperidine rings is 1. The quantitative estimate of drug-likeness (QED) is 0.776. The lowest BCUT2D eigenvalue weighted by Crippen LogP contribution is -2.51. The molecule has 7 nitrogen and oxygen atoms in total. The minimum Gasteiger partial charge on any atom is -0.360 e. The first-order chi connectivity index (χ1) is 12.4. The lowest BCUT2D eigenvalue weighted by molar-refractivity contribution is -0.131. The van der Waals surface area contributed by atoms with Crippen LogP contribution in [-0.2, 0) is 21.1 Å². The summed E-state index contributed by atoms with van der Waals surface area (Å²) in [6.45, 7) is 3.27. The number of sulfone groups is 1. The summed E-state index contributed by atoms with van der Waals surface area (Å²) in [5.41, 5.74) is 0.319. The molecule has 1 aliphatic heterocycles.